The Morgan fingerprint density at radius 1 is 1.30 bits per heavy atom. The van der Waals surface area contributed by atoms with Gasteiger partial charge in [-0.25, -0.2) is 4.98 Å². The van der Waals surface area contributed by atoms with Crippen LogP contribution in [0.4, 0.5) is 0 Å². The maximum Gasteiger partial charge on any atom is 0.222 e. The van der Waals surface area contributed by atoms with E-state index in [1.54, 1.807) is 0 Å². The van der Waals surface area contributed by atoms with Gasteiger partial charge in [-0.1, -0.05) is 0 Å². The molecule has 1 amide bonds. The van der Waals surface area contributed by atoms with Gasteiger partial charge in [0, 0.05) is 31.4 Å². The molecule has 4 rings (SSSR count). The fourth-order valence-corrected chi connectivity index (χ4v) is 4.23. The average molecular weight is 316 g/mol. The molecular formula is C18H28N4O. The van der Waals surface area contributed by atoms with Gasteiger partial charge in [0.15, 0.2) is 0 Å². The number of H-pyrrole nitrogens is 1. The lowest BCUT2D eigenvalue weighted by Gasteiger charge is -2.47. The summed E-state index contributed by atoms with van der Waals surface area (Å²) in [5.41, 5.74) is 1.52. The van der Waals surface area contributed by atoms with E-state index in [4.69, 9.17) is 0 Å². The third-order valence-corrected chi connectivity index (χ3v) is 5.97. The number of likely N-dealkylation sites (tertiary alicyclic amines) is 2. The lowest BCUT2D eigenvalue weighted by atomic mass is 9.72. The first-order valence-electron chi connectivity index (χ1n) is 9.13. The molecule has 0 aromatic carbocycles. The van der Waals surface area contributed by atoms with Crippen molar-refractivity contribution in [3.63, 3.8) is 0 Å². The van der Waals surface area contributed by atoms with Gasteiger partial charge in [0.2, 0.25) is 5.91 Å². The van der Waals surface area contributed by atoms with Crippen LogP contribution in [0.2, 0.25) is 0 Å². The van der Waals surface area contributed by atoms with Crippen LogP contribution < -0.4 is 0 Å². The molecule has 3 heterocycles. The molecule has 1 aromatic rings. The fourth-order valence-electron chi connectivity index (χ4n) is 4.23. The number of rotatable bonds is 4. The van der Waals surface area contributed by atoms with Crippen molar-refractivity contribution in [1.29, 1.82) is 0 Å². The van der Waals surface area contributed by atoms with Crippen molar-refractivity contribution >= 4 is 5.91 Å². The monoisotopic (exact) mass is 316 g/mol. The number of aromatic amines is 1. The highest BCUT2D eigenvalue weighted by Gasteiger charge is 2.42. The maximum atomic E-state index is 12.2. The van der Waals surface area contributed by atoms with E-state index in [0.717, 1.165) is 63.0 Å². The van der Waals surface area contributed by atoms with Crippen LogP contribution in [0, 0.1) is 18.3 Å². The number of aryl methyl sites for hydroxylation is 1. The van der Waals surface area contributed by atoms with Crippen molar-refractivity contribution in [3.8, 4) is 0 Å². The molecule has 1 N–H and O–H groups in total. The number of carbonyl (C=O) groups is 1. The first-order chi connectivity index (χ1) is 11.1. The molecule has 0 unspecified atom stereocenters. The van der Waals surface area contributed by atoms with Crippen LogP contribution in [-0.4, -0.2) is 51.9 Å². The Morgan fingerprint density at radius 3 is 2.74 bits per heavy atom. The minimum absolute atomic E-state index is 0.387. The molecule has 3 aliphatic rings. The Bertz CT molecular complexity index is 569. The third kappa shape index (κ3) is 3.44. The van der Waals surface area contributed by atoms with Gasteiger partial charge in [0.05, 0.1) is 6.54 Å². The predicted molar refractivity (Wildman–Crippen MR) is 88.8 cm³/mol. The van der Waals surface area contributed by atoms with E-state index >= 15 is 0 Å². The quantitative estimate of drug-likeness (QED) is 0.927. The average Bonchev–Trinajstić information content (AvgIpc) is 3.27. The van der Waals surface area contributed by atoms with E-state index in [1.165, 1.54) is 25.7 Å². The molecule has 1 spiro atoms. The largest absolute Gasteiger partial charge is 0.345 e. The van der Waals surface area contributed by atoms with Gasteiger partial charge < -0.3 is 9.88 Å². The molecule has 1 saturated carbocycles. The zero-order valence-electron chi connectivity index (χ0n) is 14.2. The lowest BCUT2D eigenvalue weighted by molar-refractivity contribution is -0.139. The van der Waals surface area contributed by atoms with E-state index in [-0.39, 0.29) is 0 Å². The number of nitrogens with one attached hydrogen (secondary N) is 1. The van der Waals surface area contributed by atoms with E-state index in [9.17, 15) is 4.79 Å². The first kappa shape index (κ1) is 15.2. The number of aromatic nitrogens is 2. The Hall–Kier alpha value is -1.36. The fraction of sp³-hybridized carbons (Fsp3) is 0.778. The summed E-state index contributed by atoms with van der Waals surface area (Å²) >= 11 is 0. The Morgan fingerprint density at radius 2 is 2.09 bits per heavy atom. The highest BCUT2D eigenvalue weighted by atomic mass is 16.2. The molecular weight excluding hydrogens is 288 g/mol. The Labute approximate surface area is 138 Å². The highest BCUT2D eigenvalue weighted by Crippen LogP contribution is 2.41. The number of piperidine rings is 2. The number of hydrogen-bond acceptors (Lipinski definition) is 3. The minimum atomic E-state index is 0.387. The predicted octanol–water partition coefficient (Wildman–Crippen LogP) is 2.33. The topological polar surface area (TPSA) is 52.2 Å². The maximum absolute atomic E-state index is 12.2. The third-order valence-electron chi connectivity index (χ3n) is 5.97. The number of hydrogen-bond donors (Lipinski definition) is 1. The summed E-state index contributed by atoms with van der Waals surface area (Å²) in [6.07, 6.45) is 8.87. The molecule has 3 fully saturated rings. The number of imidazole rings is 1. The van der Waals surface area contributed by atoms with Crippen LogP contribution in [0.1, 0.15) is 50.0 Å². The van der Waals surface area contributed by atoms with Crippen molar-refractivity contribution < 1.29 is 4.79 Å². The second-order valence-corrected chi connectivity index (χ2v) is 8.01. The van der Waals surface area contributed by atoms with E-state index in [2.05, 4.69) is 26.7 Å². The molecule has 0 bridgehead atoms. The van der Waals surface area contributed by atoms with Crippen LogP contribution >= 0.6 is 0 Å². The summed E-state index contributed by atoms with van der Waals surface area (Å²) in [6.45, 7) is 7.27. The number of nitrogens with zero attached hydrogens (tertiary/aromatic N) is 3. The molecule has 5 nitrogen and oxygen atoms in total. The number of amides is 1. The summed E-state index contributed by atoms with van der Waals surface area (Å²) in [6, 6.07) is 0. The summed E-state index contributed by atoms with van der Waals surface area (Å²) in [4.78, 5) is 24.6. The molecule has 0 radical (unpaired) electrons. The summed E-state index contributed by atoms with van der Waals surface area (Å²) in [5, 5.41) is 0. The van der Waals surface area contributed by atoms with Crippen LogP contribution in [0.15, 0.2) is 6.20 Å². The van der Waals surface area contributed by atoms with Gasteiger partial charge >= 0.3 is 0 Å². The second kappa shape index (κ2) is 5.93. The molecule has 1 aliphatic carbocycles. The normalized spacial score (nSPS) is 25.3. The summed E-state index contributed by atoms with van der Waals surface area (Å²) in [7, 11) is 0. The van der Waals surface area contributed by atoms with E-state index < -0.39 is 0 Å². The van der Waals surface area contributed by atoms with Gasteiger partial charge in [0.25, 0.3) is 0 Å². The van der Waals surface area contributed by atoms with Crippen molar-refractivity contribution in [2.24, 2.45) is 11.3 Å². The summed E-state index contributed by atoms with van der Waals surface area (Å²) in [5.74, 6) is 2.28. The van der Waals surface area contributed by atoms with Crippen molar-refractivity contribution in [2.75, 3.05) is 26.2 Å². The summed E-state index contributed by atoms with van der Waals surface area (Å²) < 4.78 is 0. The zero-order valence-corrected chi connectivity index (χ0v) is 14.2. The Balaban J connectivity index is 1.33. The van der Waals surface area contributed by atoms with Crippen molar-refractivity contribution in [1.82, 2.24) is 19.8 Å². The van der Waals surface area contributed by atoms with Crippen LogP contribution in [-0.2, 0) is 11.3 Å². The second-order valence-electron chi connectivity index (χ2n) is 8.01. The Kier molecular flexibility index (Phi) is 3.92. The smallest absolute Gasteiger partial charge is 0.222 e. The molecule has 0 atom stereocenters. The van der Waals surface area contributed by atoms with Gasteiger partial charge in [-0.2, -0.15) is 0 Å². The number of carbonyl (C=O) groups excluding carboxylic acids is 1. The van der Waals surface area contributed by atoms with E-state index in [1.807, 2.05) is 6.20 Å². The first-order valence-corrected chi connectivity index (χ1v) is 9.13. The lowest BCUT2D eigenvalue weighted by Crippen LogP contribution is -2.51. The molecule has 5 heteroatoms. The van der Waals surface area contributed by atoms with Gasteiger partial charge in [0.1, 0.15) is 5.82 Å². The zero-order chi connectivity index (χ0) is 15.9. The standard InChI is InChI=1S/C18H28N4O/c1-14-10-19-16(20-14)12-21-8-6-18(7-9-21)5-4-17(23)22(13-18)11-15-2-3-15/h10,15H,2-9,11-13H2,1H3,(H,19,20). The molecule has 1 aromatic heterocycles. The molecule has 126 valence electrons. The van der Waals surface area contributed by atoms with Gasteiger partial charge in [-0.15, -0.1) is 0 Å². The van der Waals surface area contributed by atoms with Crippen molar-refractivity contribution in [3.05, 3.63) is 17.7 Å². The molecule has 23 heavy (non-hydrogen) atoms. The van der Waals surface area contributed by atoms with E-state index in [0.29, 0.717) is 11.3 Å². The SMILES string of the molecule is Cc1cnc(CN2CCC3(CCC(=O)N(CC4CC4)C3)CC2)[nH]1. The highest BCUT2D eigenvalue weighted by molar-refractivity contribution is 5.77. The van der Waals surface area contributed by atoms with Gasteiger partial charge in [-0.3, -0.25) is 9.69 Å². The molecule has 2 aliphatic heterocycles. The van der Waals surface area contributed by atoms with Crippen LogP contribution in [0.5, 0.6) is 0 Å². The van der Waals surface area contributed by atoms with Crippen molar-refractivity contribution in [2.45, 2.75) is 52.0 Å². The van der Waals surface area contributed by atoms with Crippen LogP contribution in [0.3, 0.4) is 0 Å². The molecule has 2 saturated heterocycles. The van der Waals surface area contributed by atoms with Crippen LogP contribution in [0.25, 0.3) is 0 Å². The minimum Gasteiger partial charge on any atom is -0.345 e. The van der Waals surface area contributed by atoms with Gasteiger partial charge in [-0.05, 0) is 63.5 Å².